The van der Waals surface area contributed by atoms with Crippen LogP contribution in [0.4, 0.5) is 0 Å². The molecular formula is C13H21NO2. The Hall–Kier alpha value is -0.800. The van der Waals surface area contributed by atoms with E-state index in [9.17, 15) is 0 Å². The van der Waals surface area contributed by atoms with Crippen molar-refractivity contribution in [3.8, 4) is 0 Å². The van der Waals surface area contributed by atoms with Gasteiger partial charge in [0.15, 0.2) is 0 Å². The largest absolute Gasteiger partial charge is 0.462 e. The fourth-order valence-corrected chi connectivity index (χ4v) is 2.21. The van der Waals surface area contributed by atoms with Crippen LogP contribution in [-0.4, -0.2) is 6.10 Å². The molecule has 0 saturated heterocycles. The van der Waals surface area contributed by atoms with E-state index in [1.54, 1.807) is 0 Å². The first-order valence-electron chi connectivity index (χ1n) is 6.17. The maximum absolute atomic E-state index is 5.84. The molecule has 0 atom stereocenters. The van der Waals surface area contributed by atoms with Gasteiger partial charge in [0.2, 0.25) is 0 Å². The van der Waals surface area contributed by atoms with E-state index >= 15 is 0 Å². The van der Waals surface area contributed by atoms with Crippen LogP contribution in [0.2, 0.25) is 0 Å². The highest BCUT2D eigenvalue weighted by Crippen LogP contribution is 2.26. The monoisotopic (exact) mass is 223 g/mol. The molecule has 3 heteroatoms. The van der Waals surface area contributed by atoms with Crippen LogP contribution in [0.15, 0.2) is 16.5 Å². The normalized spacial score (nSPS) is 25.9. The summed E-state index contributed by atoms with van der Waals surface area (Å²) >= 11 is 0. The number of ether oxygens (including phenoxy) is 1. The van der Waals surface area contributed by atoms with Gasteiger partial charge in [0.05, 0.1) is 12.6 Å². The lowest BCUT2D eigenvalue weighted by molar-refractivity contribution is 0.000938. The molecule has 2 rings (SSSR count). The summed E-state index contributed by atoms with van der Waals surface area (Å²) in [5.74, 6) is 2.59. The molecule has 1 aliphatic rings. The average molecular weight is 223 g/mol. The molecule has 0 spiro atoms. The summed E-state index contributed by atoms with van der Waals surface area (Å²) in [7, 11) is 0. The number of hydrogen-bond donors (Lipinski definition) is 1. The SMILES string of the molecule is CC1CCC(OCc2ccc(CN)o2)CC1. The molecule has 0 aromatic carbocycles. The molecule has 1 saturated carbocycles. The van der Waals surface area contributed by atoms with Crippen LogP contribution in [0.5, 0.6) is 0 Å². The molecule has 0 unspecified atom stereocenters. The first-order valence-corrected chi connectivity index (χ1v) is 6.17. The highest BCUT2D eigenvalue weighted by molar-refractivity contribution is 5.05. The Labute approximate surface area is 97.0 Å². The summed E-state index contributed by atoms with van der Waals surface area (Å²) in [5, 5.41) is 0. The van der Waals surface area contributed by atoms with Crippen molar-refractivity contribution in [1.82, 2.24) is 0 Å². The fourth-order valence-electron chi connectivity index (χ4n) is 2.21. The van der Waals surface area contributed by atoms with Crippen LogP contribution in [0.1, 0.15) is 44.1 Å². The van der Waals surface area contributed by atoms with Gasteiger partial charge in [-0.3, -0.25) is 0 Å². The van der Waals surface area contributed by atoms with E-state index in [1.165, 1.54) is 25.7 Å². The van der Waals surface area contributed by atoms with E-state index in [0.29, 0.717) is 19.3 Å². The van der Waals surface area contributed by atoms with Crippen molar-refractivity contribution in [1.29, 1.82) is 0 Å². The zero-order valence-electron chi connectivity index (χ0n) is 9.95. The standard InChI is InChI=1S/C13H21NO2/c1-10-2-4-11(5-3-10)15-9-13-7-6-12(8-14)16-13/h6-7,10-11H,2-5,8-9,14H2,1H3. The number of rotatable bonds is 4. The Morgan fingerprint density at radius 2 is 1.94 bits per heavy atom. The second kappa shape index (κ2) is 5.51. The second-order valence-electron chi connectivity index (χ2n) is 4.77. The van der Waals surface area contributed by atoms with Crippen LogP contribution < -0.4 is 5.73 Å². The van der Waals surface area contributed by atoms with Crippen LogP contribution in [0.25, 0.3) is 0 Å². The number of furan rings is 1. The van der Waals surface area contributed by atoms with Crippen molar-refractivity contribution in [2.24, 2.45) is 11.7 Å². The fraction of sp³-hybridized carbons (Fsp3) is 0.692. The quantitative estimate of drug-likeness (QED) is 0.853. The van der Waals surface area contributed by atoms with Crippen molar-refractivity contribution in [2.75, 3.05) is 0 Å². The van der Waals surface area contributed by atoms with Gasteiger partial charge in [-0.15, -0.1) is 0 Å². The summed E-state index contributed by atoms with van der Waals surface area (Å²) in [6.07, 6.45) is 5.37. The molecule has 16 heavy (non-hydrogen) atoms. The molecule has 0 amide bonds. The molecule has 1 aliphatic carbocycles. The minimum absolute atomic E-state index is 0.419. The van der Waals surface area contributed by atoms with Crippen LogP contribution in [0.3, 0.4) is 0 Å². The van der Waals surface area contributed by atoms with Crippen molar-refractivity contribution in [3.05, 3.63) is 23.7 Å². The Bertz CT molecular complexity index is 313. The first kappa shape index (κ1) is 11.7. The second-order valence-corrected chi connectivity index (χ2v) is 4.77. The maximum atomic E-state index is 5.84. The van der Waals surface area contributed by atoms with Gasteiger partial charge >= 0.3 is 0 Å². The molecule has 1 aromatic heterocycles. The number of hydrogen-bond acceptors (Lipinski definition) is 3. The first-order chi connectivity index (χ1) is 7.78. The van der Waals surface area contributed by atoms with Crippen molar-refractivity contribution in [3.63, 3.8) is 0 Å². The zero-order chi connectivity index (χ0) is 11.4. The third-order valence-electron chi connectivity index (χ3n) is 3.34. The Kier molecular flexibility index (Phi) is 4.02. The molecule has 1 heterocycles. The number of nitrogens with two attached hydrogens (primary N) is 1. The van der Waals surface area contributed by atoms with Gasteiger partial charge in [-0.05, 0) is 43.7 Å². The van der Waals surface area contributed by atoms with Gasteiger partial charge in [0.1, 0.15) is 18.1 Å². The highest BCUT2D eigenvalue weighted by atomic mass is 16.5. The van der Waals surface area contributed by atoms with Gasteiger partial charge in [0, 0.05) is 0 Å². The minimum atomic E-state index is 0.419. The molecule has 0 aliphatic heterocycles. The van der Waals surface area contributed by atoms with E-state index < -0.39 is 0 Å². The van der Waals surface area contributed by atoms with E-state index in [-0.39, 0.29) is 0 Å². The van der Waals surface area contributed by atoms with Gasteiger partial charge in [-0.1, -0.05) is 6.92 Å². The van der Waals surface area contributed by atoms with Crippen molar-refractivity contribution >= 4 is 0 Å². The molecule has 1 fully saturated rings. The van der Waals surface area contributed by atoms with Gasteiger partial charge in [-0.25, -0.2) is 0 Å². The lowest BCUT2D eigenvalue weighted by Crippen LogP contribution is -2.20. The molecule has 3 nitrogen and oxygen atoms in total. The lowest BCUT2D eigenvalue weighted by atomic mass is 9.89. The lowest BCUT2D eigenvalue weighted by Gasteiger charge is -2.25. The van der Waals surface area contributed by atoms with E-state index in [2.05, 4.69) is 6.92 Å². The third-order valence-corrected chi connectivity index (χ3v) is 3.34. The van der Waals surface area contributed by atoms with Crippen LogP contribution in [0, 0.1) is 5.92 Å². The minimum Gasteiger partial charge on any atom is -0.462 e. The predicted octanol–water partition coefficient (Wildman–Crippen LogP) is 2.83. The van der Waals surface area contributed by atoms with Gasteiger partial charge in [-0.2, -0.15) is 0 Å². The summed E-state index contributed by atoms with van der Waals surface area (Å²) in [6, 6.07) is 3.87. The predicted molar refractivity (Wildman–Crippen MR) is 62.8 cm³/mol. The summed E-state index contributed by atoms with van der Waals surface area (Å²) in [6.45, 7) is 3.36. The smallest absolute Gasteiger partial charge is 0.129 e. The van der Waals surface area contributed by atoms with E-state index in [0.717, 1.165) is 17.4 Å². The zero-order valence-corrected chi connectivity index (χ0v) is 9.95. The van der Waals surface area contributed by atoms with E-state index in [4.69, 9.17) is 14.9 Å². The van der Waals surface area contributed by atoms with Crippen LogP contribution in [-0.2, 0) is 17.9 Å². The van der Waals surface area contributed by atoms with Gasteiger partial charge < -0.3 is 14.9 Å². The molecular weight excluding hydrogens is 202 g/mol. The van der Waals surface area contributed by atoms with Crippen molar-refractivity contribution in [2.45, 2.75) is 51.9 Å². The Morgan fingerprint density at radius 3 is 2.56 bits per heavy atom. The average Bonchev–Trinajstić information content (AvgIpc) is 2.76. The molecule has 2 N–H and O–H groups in total. The molecule has 1 aromatic rings. The van der Waals surface area contributed by atoms with Crippen LogP contribution >= 0.6 is 0 Å². The molecule has 0 bridgehead atoms. The highest BCUT2D eigenvalue weighted by Gasteiger charge is 2.18. The summed E-state index contributed by atoms with van der Waals surface area (Å²) in [5.41, 5.74) is 5.48. The maximum Gasteiger partial charge on any atom is 0.129 e. The van der Waals surface area contributed by atoms with Crippen molar-refractivity contribution < 1.29 is 9.15 Å². The molecule has 0 radical (unpaired) electrons. The van der Waals surface area contributed by atoms with E-state index in [1.807, 2.05) is 12.1 Å². The Morgan fingerprint density at radius 1 is 1.25 bits per heavy atom. The topological polar surface area (TPSA) is 48.4 Å². The molecule has 90 valence electrons. The Balaban J connectivity index is 1.74. The third kappa shape index (κ3) is 3.09. The van der Waals surface area contributed by atoms with Gasteiger partial charge in [0.25, 0.3) is 0 Å². The summed E-state index contributed by atoms with van der Waals surface area (Å²) < 4.78 is 11.3. The summed E-state index contributed by atoms with van der Waals surface area (Å²) in [4.78, 5) is 0.